The molecule has 0 fully saturated rings. The van der Waals surface area contributed by atoms with Crippen molar-refractivity contribution < 1.29 is 68.3 Å². The Morgan fingerprint density at radius 1 is 1.09 bits per heavy atom. The zero-order valence-corrected chi connectivity index (χ0v) is 9.43. The Hall–Kier alpha value is 0.731. The van der Waals surface area contributed by atoms with Gasteiger partial charge in [0.2, 0.25) is 0 Å². The van der Waals surface area contributed by atoms with E-state index < -0.39 is 0 Å². The third-order valence-corrected chi connectivity index (χ3v) is 0.566. The van der Waals surface area contributed by atoms with Gasteiger partial charge in [0.15, 0.2) is 0 Å². The summed E-state index contributed by atoms with van der Waals surface area (Å²) in [6.07, 6.45) is 3.50. The third kappa shape index (κ3) is 18.1. The molecule has 4 nitrogen and oxygen atoms in total. The second-order valence-electron chi connectivity index (χ2n) is 1.14. The average Bonchev–Trinajstić information content (AvgIpc) is 1.93. The van der Waals surface area contributed by atoms with Gasteiger partial charge in [-0.25, -0.2) is 0 Å². The molecule has 0 spiro atoms. The molecule has 1 radical (unpaired) electrons. The molecule has 0 aromatic carbocycles. The van der Waals surface area contributed by atoms with Gasteiger partial charge in [0.05, 0.1) is 0 Å². The van der Waals surface area contributed by atoms with E-state index in [0.29, 0.717) is 0 Å². The Balaban J connectivity index is -0.0000000489. The maximum Gasteiger partial charge on any atom is 1.00 e. The van der Waals surface area contributed by atoms with Gasteiger partial charge in [-0.1, -0.05) is 6.07 Å². The van der Waals surface area contributed by atoms with Gasteiger partial charge in [-0.05, 0) is 12.1 Å². The van der Waals surface area contributed by atoms with Gasteiger partial charge in [-0.3, -0.25) is 4.98 Å². The fraction of sp³-hybridized carbons (Fsp3) is 0. The first kappa shape index (κ1) is 17.7. The smallest absolute Gasteiger partial charge is 1.00 e. The van der Waals surface area contributed by atoms with Gasteiger partial charge in [-0.2, -0.15) is 0 Å². The second kappa shape index (κ2) is 17.0. The van der Waals surface area contributed by atoms with Crippen LogP contribution in [0.25, 0.3) is 0 Å². The van der Waals surface area contributed by atoms with Crippen molar-refractivity contribution in [1.82, 2.24) is 4.98 Å². The van der Waals surface area contributed by atoms with E-state index >= 15 is 0 Å². The zero-order chi connectivity index (χ0) is 6.95. The first-order valence-electron chi connectivity index (χ1n) is 2.37. The molecule has 0 amide bonds. The first-order valence-corrected chi connectivity index (χ1v) is 2.37. The summed E-state index contributed by atoms with van der Waals surface area (Å²) in [6.45, 7) is 0. The predicted octanol–water partition coefficient (Wildman–Crippen LogP) is -4.12. The Labute approximate surface area is 110 Å². The average molecular weight is 182 g/mol. The number of rotatable bonds is 0. The molecule has 0 saturated carbocycles. The molecule has 1 rings (SSSR count). The minimum absolute atomic E-state index is 0. The van der Waals surface area contributed by atoms with Gasteiger partial charge in [-0.15, -0.1) is 0 Å². The summed E-state index contributed by atoms with van der Waals surface area (Å²) in [5.41, 5.74) is 0. The second-order valence-corrected chi connectivity index (χ2v) is 1.14. The molecule has 4 N–H and O–H groups in total. The van der Waals surface area contributed by atoms with Crippen LogP contribution in [0.5, 0.6) is 0 Å². The molecular formula is C5H10BKNO3. The molecule has 0 aliphatic carbocycles. The summed E-state index contributed by atoms with van der Waals surface area (Å²) < 4.78 is 0. The van der Waals surface area contributed by atoms with Gasteiger partial charge in [0, 0.05) is 12.4 Å². The van der Waals surface area contributed by atoms with E-state index in [4.69, 9.17) is 10.0 Å². The monoisotopic (exact) mass is 182 g/mol. The minimum atomic E-state index is 0. The van der Waals surface area contributed by atoms with Crippen molar-refractivity contribution in [3.05, 3.63) is 30.6 Å². The van der Waals surface area contributed by atoms with Crippen LogP contribution in [0.1, 0.15) is 1.43 Å². The van der Waals surface area contributed by atoms with E-state index in [0.717, 1.165) is 0 Å². The summed E-state index contributed by atoms with van der Waals surface area (Å²) in [4.78, 5) is 3.78. The van der Waals surface area contributed by atoms with Crippen LogP contribution in [-0.4, -0.2) is 28.2 Å². The maximum atomic E-state index is 7.00. The minimum Gasteiger partial charge on any atom is -1.00 e. The molecule has 6 heteroatoms. The van der Waals surface area contributed by atoms with E-state index in [1.54, 1.807) is 12.4 Å². The van der Waals surface area contributed by atoms with Crippen LogP contribution in [0.2, 0.25) is 0 Å². The SMILES string of the molecule is O.O[B]O.[H-].[K+].c1ccncc1. The number of hydrogen-bond donors (Lipinski definition) is 2. The normalized spacial score (nSPS) is 5.64. The van der Waals surface area contributed by atoms with Gasteiger partial charge in [0.25, 0.3) is 0 Å². The standard InChI is InChI=1S/C5H5N.BH2O2.K.H2O.H/c1-2-4-6-5-3-1;2-1-3;;;/h1-5H;2-3H;;1H2;/q;;+1;;-1. The van der Waals surface area contributed by atoms with Crippen LogP contribution in [0, 0.1) is 0 Å². The summed E-state index contributed by atoms with van der Waals surface area (Å²) in [5.74, 6) is 0. The Kier molecular flexibility index (Phi) is 27.4. The summed E-state index contributed by atoms with van der Waals surface area (Å²) >= 11 is 0. The molecule has 0 bridgehead atoms. The molecule has 57 valence electrons. The molecule has 1 aromatic rings. The number of nitrogens with zero attached hydrogens (tertiary/aromatic N) is 1. The number of hydrogen-bond acceptors (Lipinski definition) is 3. The quantitative estimate of drug-likeness (QED) is 0.400. The van der Waals surface area contributed by atoms with Crippen LogP contribution in [0.4, 0.5) is 0 Å². The largest absolute Gasteiger partial charge is 1.00 e. The van der Waals surface area contributed by atoms with Crippen LogP contribution in [-0.2, 0) is 0 Å². The Morgan fingerprint density at radius 2 is 1.45 bits per heavy atom. The third-order valence-electron chi connectivity index (χ3n) is 0.566. The molecule has 0 atom stereocenters. The molecule has 0 unspecified atom stereocenters. The van der Waals surface area contributed by atoms with E-state index in [9.17, 15) is 0 Å². The van der Waals surface area contributed by atoms with E-state index in [1.165, 1.54) is 0 Å². The molecule has 0 saturated heterocycles. The Morgan fingerprint density at radius 3 is 1.55 bits per heavy atom. The zero-order valence-electron chi connectivity index (χ0n) is 7.31. The molecule has 0 aliphatic rings. The fourth-order valence-corrected chi connectivity index (χ4v) is 0.313. The fourth-order valence-electron chi connectivity index (χ4n) is 0.313. The van der Waals surface area contributed by atoms with Gasteiger partial charge in [0.1, 0.15) is 0 Å². The van der Waals surface area contributed by atoms with E-state index in [2.05, 4.69) is 4.98 Å². The van der Waals surface area contributed by atoms with E-state index in [-0.39, 0.29) is 66.0 Å². The van der Waals surface area contributed by atoms with Crippen molar-refractivity contribution in [2.24, 2.45) is 0 Å². The predicted molar refractivity (Wildman–Crippen MR) is 39.2 cm³/mol. The van der Waals surface area contributed by atoms with Crippen LogP contribution in [0.3, 0.4) is 0 Å². The van der Waals surface area contributed by atoms with Crippen molar-refractivity contribution in [3.8, 4) is 0 Å². The summed E-state index contributed by atoms with van der Waals surface area (Å²) in [5, 5.41) is 14.0. The molecule has 11 heavy (non-hydrogen) atoms. The van der Waals surface area contributed by atoms with Gasteiger partial charge < -0.3 is 17.0 Å². The van der Waals surface area contributed by atoms with Crippen molar-refractivity contribution in [1.29, 1.82) is 0 Å². The van der Waals surface area contributed by atoms with Crippen LogP contribution >= 0.6 is 0 Å². The Bertz CT molecular complexity index is 110. The van der Waals surface area contributed by atoms with Gasteiger partial charge >= 0.3 is 59.1 Å². The van der Waals surface area contributed by atoms with Crippen LogP contribution in [0.15, 0.2) is 30.6 Å². The molecule has 1 heterocycles. The van der Waals surface area contributed by atoms with Crippen molar-refractivity contribution in [3.63, 3.8) is 0 Å². The van der Waals surface area contributed by atoms with E-state index in [1.807, 2.05) is 18.2 Å². The molecular weight excluding hydrogens is 172 g/mol. The topological polar surface area (TPSA) is 84.9 Å². The number of pyridine rings is 1. The maximum absolute atomic E-state index is 7.00. The summed E-state index contributed by atoms with van der Waals surface area (Å²) in [6, 6.07) is 5.72. The number of aromatic nitrogens is 1. The van der Waals surface area contributed by atoms with Crippen molar-refractivity contribution >= 4 is 7.69 Å². The van der Waals surface area contributed by atoms with Crippen molar-refractivity contribution in [2.75, 3.05) is 0 Å². The van der Waals surface area contributed by atoms with Crippen molar-refractivity contribution in [2.45, 2.75) is 0 Å². The molecule has 1 aromatic heterocycles. The molecule has 0 aliphatic heterocycles. The first-order chi connectivity index (χ1) is 4.41. The van der Waals surface area contributed by atoms with Crippen LogP contribution < -0.4 is 51.4 Å². The summed E-state index contributed by atoms with van der Waals surface area (Å²) in [7, 11) is 0.